The van der Waals surface area contributed by atoms with Crippen LogP contribution in [0.2, 0.25) is 0 Å². The van der Waals surface area contributed by atoms with Crippen LogP contribution in [0.5, 0.6) is 0 Å². The van der Waals surface area contributed by atoms with Gasteiger partial charge in [-0.2, -0.15) is 26.3 Å². The van der Waals surface area contributed by atoms with Gasteiger partial charge in [0.15, 0.2) is 0 Å². The number of hydrogen-bond donors (Lipinski definition) is 3. The van der Waals surface area contributed by atoms with E-state index < -0.39 is 46.9 Å². The number of nitrogens with one attached hydrogen (secondary N) is 2. The molecule has 0 spiro atoms. The third kappa shape index (κ3) is 5.43. The topological polar surface area (TPSA) is 70.6 Å². The van der Waals surface area contributed by atoms with E-state index >= 15 is 0 Å². The molecule has 11 heteroatoms. The third-order valence-corrected chi connectivity index (χ3v) is 8.91. The van der Waals surface area contributed by atoms with Crippen molar-refractivity contribution in [2.45, 2.75) is 94.4 Å². The average molecular weight is 549 g/mol. The smallest absolute Gasteiger partial charge is 0.388 e. The van der Waals surface area contributed by atoms with Gasteiger partial charge in [-0.25, -0.2) is 0 Å². The highest BCUT2D eigenvalue weighted by atomic mass is 19.4. The van der Waals surface area contributed by atoms with Gasteiger partial charge in [-0.05, 0) is 93.4 Å². The fourth-order valence-corrected chi connectivity index (χ4v) is 6.77. The Morgan fingerprint density at radius 2 is 1.42 bits per heavy atom. The molecule has 1 amide bonds. The zero-order valence-electron chi connectivity index (χ0n) is 21.1. The Morgan fingerprint density at radius 1 is 0.868 bits per heavy atom. The summed E-state index contributed by atoms with van der Waals surface area (Å²) in [7, 11) is 0. The second-order valence-electron chi connectivity index (χ2n) is 11.5. The lowest BCUT2D eigenvalue weighted by Gasteiger charge is -2.45. The molecule has 1 heterocycles. The monoisotopic (exact) mass is 548 g/mol. The van der Waals surface area contributed by atoms with E-state index in [2.05, 4.69) is 10.6 Å². The summed E-state index contributed by atoms with van der Waals surface area (Å²) in [6.45, 7) is 0.819. The predicted molar refractivity (Wildman–Crippen MR) is 126 cm³/mol. The molecule has 4 aliphatic rings. The SMILES string of the molecule is O=C(NCc1cc(C(F)(F)F)cc(C(F)(F)F)c1)C1(C(O)(C2CC2)C2CC2)CCC(NC2CCOCC2)C1. The normalized spacial score (nSPS) is 27.5. The van der Waals surface area contributed by atoms with E-state index in [1.54, 1.807) is 0 Å². The van der Waals surface area contributed by atoms with E-state index in [1.807, 2.05) is 0 Å². The third-order valence-electron chi connectivity index (χ3n) is 8.91. The molecular formula is C27H34F6N2O3. The minimum absolute atomic E-state index is 0.0155. The van der Waals surface area contributed by atoms with Crippen LogP contribution in [0, 0.1) is 17.3 Å². The molecular weight excluding hydrogens is 514 g/mol. The van der Waals surface area contributed by atoms with E-state index in [-0.39, 0.29) is 35.5 Å². The van der Waals surface area contributed by atoms with E-state index in [4.69, 9.17) is 4.74 Å². The summed E-state index contributed by atoms with van der Waals surface area (Å²) < 4.78 is 85.4. The fourth-order valence-electron chi connectivity index (χ4n) is 6.77. The number of carbonyl (C=O) groups excluding carboxylic acids is 1. The Kier molecular flexibility index (Phi) is 7.26. The van der Waals surface area contributed by atoms with Gasteiger partial charge < -0.3 is 20.5 Å². The van der Waals surface area contributed by atoms with Crippen LogP contribution in [-0.2, 0) is 28.4 Å². The molecule has 3 saturated carbocycles. The van der Waals surface area contributed by atoms with Crippen molar-refractivity contribution in [3.05, 3.63) is 34.9 Å². The standard InChI is InChI=1S/C27H34F6N2O3/c28-26(29,30)19-11-16(12-20(13-19)27(31,32)33)15-34-23(36)24(25(37,17-1-2-17)18-3-4-18)8-5-22(14-24)35-21-6-9-38-10-7-21/h11-13,17-18,21-22,35,37H,1-10,14-15H2,(H,34,36). The Hall–Kier alpha value is -1.85. The van der Waals surface area contributed by atoms with Crippen LogP contribution in [0.3, 0.4) is 0 Å². The Balaban J connectivity index is 1.39. The van der Waals surface area contributed by atoms with Crippen molar-refractivity contribution in [1.29, 1.82) is 0 Å². The Morgan fingerprint density at radius 3 is 1.92 bits per heavy atom. The number of carbonyl (C=O) groups is 1. The number of benzene rings is 1. The molecule has 1 aromatic rings. The van der Waals surface area contributed by atoms with Crippen LogP contribution < -0.4 is 10.6 Å². The van der Waals surface area contributed by atoms with Crippen molar-refractivity contribution in [2.75, 3.05) is 13.2 Å². The van der Waals surface area contributed by atoms with Gasteiger partial charge in [-0.15, -0.1) is 0 Å². The van der Waals surface area contributed by atoms with Gasteiger partial charge in [0.2, 0.25) is 5.91 Å². The number of hydrogen-bond acceptors (Lipinski definition) is 4. The van der Waals surface area contributed by atoms with Gasteiger partial charge in [0.05, 0.1) is 22.1 Å². The molecule has 1 aliphatic heterocycles. The maximum Gasteiger partial charge on any atom is 0.416 e. The van der Waals surface area contributed by atoms with Crippen LogP contribution in [0.25, 0.3) is 0 Å². The van der Waals surface area contributed by atoms with Gasteiger partial charge in [-0.3, -0.25) is 4.79 Å². The van der Waals surface area contributed by atoms with E-state index in [0.29, 0.717) is 44.6 Å². The molecule has 3 N–H and O–H groups in total. The number of amides is 1. The molecule has 38 heavy (non-hydrogen) atoms. The van der Waals surface area contributed by atoms with Gasteiger partial charge >= 0.3 is 12.4 Å². The second kappa shape index (κ2) is 9.96. The van der Waals surface area contributed by atoms with Crippen LogP contribution in [-0.4, -0.2) is 41.9 Å². The van der Waals surface area contributed by atoms with Crippen molar-refractivity contribution >= 4 is 5.91 Å². The fraction of sp³-hybridized carbons (Fsp3) is 0.741. The van der Waals surface area contributed by atoms with Crippen molar-refractivity contribution in [2.24, 2.45) is 17.3 Å². The van der Waals surface area contributed by atoms with Crippen molar-refractivity contribution < 1.29 is 41.0 Å². The first-order valence-corrected chi connectivity index (χ1v) is 13.5. The van der Waals surface area contributed by atoms with Gasteiger partial charge in [0.25, 0.3) is 0 Å². The predicted octanol–water partition coefficient (Wildman–Crippen LogP) is 5.20. The summed E-state index contributed by atoms with van der Waals surface area (Å²) >= 11 is 0. The lowest BCUT2D eigenvalue weighted by molar-refractivity contribution is -0.161. The maximum atomic E-state index is 13.9. The molecule has 5 rings (SSSR count). The zero-order valence-corrected chi connectivity index (χ0v) is 21.1. The second-order valence-corrected chi connectivity index (χ2v) is 11.5. The van der Waals surface area contributed by atoms with Gasteiger partial charge in [0, 0.05) is 31.8 Å². The molecule has 0 radical (unpaired) electrons. The molecule has 1 aromatic carbocycles. The molecule has 4 fully saturated rings. The van der Waals surface area contributed by atoms with Gasteiger partial charge in [-0.1, -0.05) is 0 Å². The van der Waals surface area contributed by atoms with Crippen LogP contribution in [0.4, 0.5) is 26.3 Å². The minimum Gasteiger partial charge on any atom is -0.388 e. The highest BCUT2D eigenvalue weighted by molar-refractivity contribution is 5.85. The molecule has 5 nitrogen and oxygen atoms in total. The average Bonchev–Trinajstić information content (AvgIpc) is 3.79. The summed E-state index contributed by atoms with van der Waals surface area (Å²) in [6, 6.07) is 1.59. The molecule has 1 saturated heterocycles. The number of halogens is 6. The first kappa shape index (κ1) is 27.7. The zero-order chi connectivity index (χ0) is 27.3. The molecule has 212 valence electrons. The number of aliphatic hydroxyl groups is 1. The minimum atomic E-state index is -4.96. The number of rotatable bonds is 8. The van der Waals surface area contributed by atoms with Crippen molar-refractivity contribution in [1.82, 2.24) is 10.6 Å². The van der Waals surface area contributed by atoms with Crippen molar-refractivity contribution in [3.63, 3.8) is 0 Å². The van der Waals surface area contributed by atoms with E-state index in [0.717, 1.165) is 38.5 Å². The maximum absolute atomic E-state index is 13.9. The molecule has 2 unspecified atom stereocenters. The molecule has 0 bridgehead atoms. The molecule has 2 atom stereocenters. The van der Waals surface area contributed by atoms with Crippen LogP contribution >= 0.6 is 0 Å². The summed E-state index contributed by atoms with van der Waals surface area (Å²) in [5.74, 6) is -0.526. The molecule has 3 aliphatic carbocycles. The largest absolute Gasteiger partial charge is 0.416 e. The summed E-state index contributed by atoms with van der Waals surface area (Å²) in [6.07, 6.45) is -3.53. The summed E-state index contributed by atoms with van der Waals surface area (Å²) in [5, 5.41) is 18.4. The van der Waals surface area contributed by atoms with E-state index in [9.17, 15) is 36.2 Å². The first-order valence-electron chi connectivity index (χ1n) is 13.5. The molecule has 0 aromatic heterocycles. The van der Waals surface area contributed by atoms with Gasteiger partial charge in [0.1, 0.15) is 0 Å². The lowest BCUT2D eigenvalue weighted by Crippen LogP contribution is -2.59. The number of alkyl halides is 6. The lowest BCUT2D eigenvalue weighted by atomic mass is 9.64. The first-order chi connectivity index (χ1) is 17.8. The highest BCUT2D eigenvalue weighted by Gasteiger charge is 2.68. The quantitative estimate of drug-likeness (QED) is 0.391. The summed E-state index contributed by atoms with van der Waals surface area (Å²) in [4.78, 5) is 13.9. The van der Waals surface area contributed by atoms with Crippen LogP contribution in [0.15, 0.2) is 18.2 Å². The number of ether oxygens (including phenoxy) is 1. The Bertz CT molecular complexity index is 986. The van der Waals surface area contributed by atoms with E-state index in [1.165, 1.54) is 0 Å². The summed E-state index contributed by atoms with van der Waals surface area (Å²) in [5.41, 5.74) is -5.49. The Labute approximate surface area is 217 Å². The van der Waals surface area contributed by atoms with Crippen molar-refractivity contribution in [3.8, 4) is 0 Å². The van der Waals surface area contributed by atoms with Crippen LogP contribution in [0.1, 0.15) is 74.5 Å². The highest BCUT2D eigenvalue weighted by Crippen LogP contribution is 2.64.